The lowest BCUT2D eigenvalue weighted by atomic mass is 10.1. The van der Waals surface area contributed by atoms with Gasteiger partial charge in [-0.3, -0.25) is 4.79 Å². The van der Waals surface area contributed by atoms with Crippen LogP contribution in [-0.2, 0) is 0 Å². The summed E-state index contributed by atoms with van der Waals surface area (Å²) >= 11 is 1.51. The maximum absolute atomic E-state index is 11.4. The first-order valence-electron chi connectivity index (χ1n) is 9.50. The molecule has 7 heteroatoms. The number of benzene rings is 2. The number of nitrogens with zero attached hydrogens (tertiary/aromatic N) is 2. The first kappa shape index (κ1) is 18.9. The minimum absolute atomic E-state index is 0.467. The molecule has 0 saturated carbocycles. The summed E-state index contributed by atoms with van der Waals surface area (Å²) < 4.78 is 5.24. The highest BCUT2D eigenvalue weighted by atomic mass is 32.1. The van der Waals surface area contributed by atoms with Crippen molar-refractivity contribution in [3.05, 3.63) is 72.1 Å². The average Bonchev–Trinajstić information content (AvgIpc) is 3.45. The van der Waals surface area contributed by atoms with Crippen molar-refractivity contribution in [2.75, 3.05) is 12.4 Å². The van der Waals surface area contributed by atoms with E-state index in [1.807, 2.05) is 42.6 Å². The zero-order valence-electron chi connectivity index (χ0n) is 16.5. The van der Waals surface area contributed by atoms with Crippen LogP contribution >= 0.6 is 11.3 Å². The Morgan fingerprint density at radius 3 is 2.90 bits per heavy atom. The molecule has 0 atom stereocenters. The van der Waals surface area contributed by atoms with Gasteiger partial charge in [0.15, 0.2) is 6.29 Å². The van der Waals surface area contributed by atoms with Crippen LogP contribution in [0.25, 0.3) is 31.6 Å². The first-order chi connectivity index (χ1) is 15.2. The van der Waals surface area contributed by atoms with Gasteiger partial charge in [0, 0.05) is 39.2 Å². The van der Waals surface area contributed by atoms with E-state index in [0.717, 1.165) is 43.5 Å². The predicted molar refractivity (Wildman–Crippen MR) is 123 cm³/mol. The van der Waals surface area contributed by atoms with Gasteiger partial charge in [0.25, 0.3) is 0 Å². The Morgan fingerprint density at radius 2 is 2.10 bits per heavy atom. The van der Waals surface area contributed by atoms with Crippen LogP contribution in [0, 0.1) is 11.3 Å². The summed E-state index contributed by atoms with van der Waals surface area (Å²) in [5.41, 5.74) is 4.50. The minimum atomic E-state index is 0.467. The smallest absolute Gasteiger partial charge is 0.153 e. The van der Waals surface area contributed by atoms with Crippen molar-refractivity contribution in [1.82, 2.24) is 9.97 Å². The molecule has 0 unspecified atom stereocenters. The van der Waals surface area contributed by atoms with Gasteiger partial charge in [-0.05, 0) is 54.1 Å². The van der Waals surface area contributed by atoms with Gasteiger partial charge in [0.05, 0.1) is 23.9 Å². The summed E-state index contributed by atoms with van der Waals surface area (Å²) in [6.45, 7) is 0. The zero-order valence-corrected chi connectivity index (χ0v) is 17.3. The van der Waals surface area contributed by atoms with Gasteiger partial charge >= 0.3 is 0 Å². The van der Waals surface area contributed by atoms with E-state index in [4.69, 9.17) is 4.74 Å². The molecule has 31 heavy (non-hydrogen) atoms. The standard InChI is InChI=1S/C24H16N4O2S/c1-30-21-5-2-15(8-16(21)13-29)22-10-19-23(17(11-25)12-27-24(19)31-22)28-18-3-4-20-14(9-18)6-7-26-20/h2-10,12-13,26H,1H3,(H,27,28). The van der Waals surface area contributed by atoms with Crippen molar-refractivity contribution in [3.63, 3.8) is 0 Å². The molecule has 0 saturated heterocycles. The number of nitriles is 1. The van der Waals surface area contributed by atoms with Gasteiger partial charge < -0.3 is 15.0 Å². The van der Waals surface area contributed by atoms with Crippen LogP contribution in [0.2, 0.25) is 0 Å². The van der Waals surface area contributed by atoms with E-state index in [2.05, 4.69) is 21.4 Å². The molecule has 150 valence electrons. The van der Waals surface area contributed by atoms with Crippen molar-refractivity contribution in [3.8, 4) is 22.3 Å². The van der Waals surface area contributed by atoms with E-state index in [9.17, 15) is 10.1 Å². The summed E-state index contributed by atoms with van der Waals surface area (Å²) in [6.07, 6.45) is 4.27. The third kappa shape index (κ3) is 3.29. The third-order valence-electron chi connectivity index (χ3n) is 5.15. The second-order valence-electron chi connectivity index (χ2n) is 6.97. The molecular weight excluding hydrogens is 408 g/mol. The second-order valence-corrected chi connectivity index (χ2v) is 8.00. The van der Waals surface area contributed by atoms with E-state index < -0.39 is 0 Å². The Hall–Kier alpha value is -4.15. The molecule has 5 rings (SSSR count). The Kier molecular flexibility index (Phi) is 4.62. The fraction of sp³-hybridized carbons (Fsp3) is 0.0417. The van der Waals surface area contributed by atoms with Crippen LogP contribution < -0.4 is 10.1 Å². The number of hydrogen-bond acceptors (Lipinski definition) is 6. The lowest BCUT2D eigenvalue weighted by molar-refractivity contribution is 0.112. The number of hydrogen-bond donors (Lipinski definition) is 2. The van der Waals surface area contributed by atoms with Gasteiger partial charge in [0.1, 0.15) is 16.6 Å². The summed E-state index contributed by atoms with van der Waals surface area (Å²) in [5, 5.41) is 15.0. The number of rotatable bonds is 5. The number of fused-ring (bicyclic) bond motifs is 2. The number of H-pyrrole nitrogens is 1. The predicted octanol–water partition coefficient (Wildman–Crippen LogP) is 5.88. The SMILES string of the molecule is COc1ccc(-c2cc3c(Nc4ccc5[nH]ccc5c4)c(C#N)cnc3s2)cc1C=O. The molecule has 3 heterocycles. The molecule has 2 N–H and O–H groups in total. The Balaban J connectivity index is 1.62. The van der Waals surface area contributed by atoms with Crippen LogP contribution in [0.4, 0.5) is 11.4 Å². The topological polar surface area (TPSA) is 90.8 Å². The molecule has 0 radical (unpaired) electrons. The zero-order chi connectivity index (χ0) is 21.4. The monoisotopic (exact) mass is 424 g/mol. The quantitative estimate of drug-likeness (QED) is 0.344. The lowest BCUT2D eigenvalue weighted by Gasteiger charge is -2.09. The van der Waals surface area contributed by atoms with Crippen LogP contribution in [0.5, 0.6) is 5.75 Å². The van der Waals surface area contributed by atoms with Crippen LogP contribution in [0.3, 0.4) is 0 Å². The lowest BCUT2D eigenvalue weighted by Crippen LogP contribution is -1.95. The van der Waals surface area contributed by atoms with Crippen molar-refractivity contribution in [2.45, 2.75) is 0 Å². The van der Waals surface area contributed by atoms with Gasteiger partial charge in [-0.1, -0.05) is 0 Å². The second kappa shape index (κ2) is 7.59. The van der Waals surface area contributed by atoms with E-state index in [1.165, 1.54) is 18.4 Å². The normalized spacial score (nSPS) is 10.8. The van der Waals surface area contributed by atoms with Gasteiger partial charge in [-0.2, -0.15) is 5.26 Å². The van der Waals surface area contributed by atoms with Crippen molar-refractivity contribution in [1.29, 1.82) is 5.26 Å². The third-order valence-corrected chi connectivity index (χ3v) is 6.24. The van der Waals surface area contributed by atoms with Gasteiger partial charge in [-0.15, -0.1) is 11.3 Å². The number of carbonyl (C=O) groups is 1. The van der Waals surface area contributed by atoms with E-state index >= 15 is 0 Å². The van der Waals surface area contributed by atoms with Crippen molar-refractivity contribution < 1.29 is 9.53 Å². The number of anilines is 2. The van der Waals surface area contributed by atoms with Crippen LogP contribution in [-0.4, -0.2) is 23.4 Å². The highest BCUT2D eigenvalue weighted by molar-refractivity contribution is 7.22. The molecule has 0 aliphatic rings. The Bertz CT molecular complexity index is 1490. The van der Waals surface area contributed by atoms with E-state index in [-0.39, 0.29) is 0 Å². The molecule has 6 nitrogen and oxygen atoms in total. The summed E-state index contributed by atoms with van der Waals surface area (Å²) in [6, 6.07) is 17.7. The minimum Gasteiger partial charge on any atom is -0.496 e. The molecule has 0 aliphatic carbocycles. The number of aldehydes is 1. The fourth-order valence-electron chi connectivity index (χ4n) is 3.61. The number of aromatic amines is 1. The summed E-state index contributed by atoms with van der Waals surface area (Å²) in [4.78, 5) is 20.8. The van der Waals surface area contributed by atoms with Crippen molar-refractivity contribution in [2.24, 2.45) is 0 Å². The molecule has 0 spiro atoms. The molecule has 0 aliphatic heterocycles. The van der Waals surface area contributed by atoms with E-state index in [0.29, 0.717) is 22.6 Å². The number of pyridine rings is 1. The molecule has 3 aromatic heterocycles. The average molecular weight is 424 g/mol. The van der Waals surface area contributed by atoms with Crippen LogP contribution in [0.1, 0.15) is 15.9 Å². The maximum atomic E-state index is 11.4. The highest BCUT2D eigenvalue weighted by Gasteiger charge is 2.15. The van der Waals surface area contributed by atoms with Crippen LogP contribution in [0.15, 0.2) is 60.9 Å². The van der Waals surface area contributed by atoms with Crippen molar-refractivity contribution >= 4 is 50.1 Å². The number of nitrogens with one attached hydrogen (secondary N) is 2. The number of thiophene rings is 1. The highest BCUT2D eigenvalue weighted by Crippen LogP contribution is 2.39. The Morgan fingerprint density at radius 1 is 1.19 bits per heavy atom. The first-order valence-corrected chi connectivity index (χ1v) is 10.3. The van der Waals surface area contributed by atoms with E-state index in [1.54, 1.807) is 18.3 Å². The van der Waals surface area contributed by atoms with Gasteiger partial charge in [-0.25, -0.2) is 4.98 Å². The van der Waals surface area contributed by atoms with Gasteiger partial charge in [0.2, 0.25) is 0 Å². The fourth-order valence-corrected chi connectivity index (χ4v) is 4.61. The largest absolute Gasteiger partial charge is 0.496 e. The summed E-state index contributed by atoms with van der Waals surface area (Å²) in [5.74, 6) is 0.534. The summed E-state index contributed by atoms with van der Waals surface area (Å²) in [7, 11) is 1.54. The number of aromatic nitrogens is 2. The molecule has 2 aromatic carbocycles. The Labute approximate surface area is 181 Å². The molecule has 0 fully saturated rings. The molecule has 0 amide bonds. The maximum Gasteiger partial charge on any atom is 0.153 e. The number of ether oxygens (including phenoxy) is 1. The molecule has 0 bridgehead atoms. The number of carbonyl (C=O) groups excluding carboxylic acids is 1. The molecule has 5 aromatic rings. The molecular formula is C24H16N4O2S. The number of methoxy groups -OCH3 is 1.